The molecule has 1 heterocycles. The van der Waals surface area contributed by atoms with Gasteiger partial charge in [0.1, 0.15) is 11.3 Å². The van der Waals surface area contributed by atoms with Gasteiger partial charge in [-0.05, 0) is 50.2 Å². The van der Waals surface area contributed by atoms with Gasteiger partial charge in [0.05, 0.1) is 5.02 Å². The lowest BCUT2D eigenvalue weighted by atomic mass is 10.1. The number of rotatable bonds is 4. The summed E-state index contributed by atoms with van der Waals surface area (Å²) in [4.78, 5) is 2.29. The molecule has 0 unspecified atom stereocenters. The standard InChI is InChI=1S/C18H17Cl2NO/c1-3-21(4-2)14-7-5-12-9-18(22-17(12)11-14)15-8-6-13(19)10-16(15)20/h5-11H,3-4H2,1-2H3. The predicted octanol–water partition coefficient (Wildman–Crippen LogP) is 6.25. The van der Waals surface area contributed by atoms with Crippen molar-refractivity contribution >= 4 is 39.9 Å². The molecule has 0 saturated heterocycles. The normalized spacial score (nSPS) is 11.1. The van der Waals surface area contributed by atoms with E-state index in [2.05, 4.69) is 36.9 Å². The number of benzene rings is 2. The minimum Gasteiger partial charge on any atom is -0.456 e. The number of fused-ring (bicyclic) bond motifs is 1. The van der Waals surface area contributed by atoms with Gasteiger partial charge in [0.2, 0.25) is 0 Å². The molecule has 4 heteroatoms. The zero-order chi connectivity index (χ0) is 15.7. The highest BCUT2D eigenvalue weighted by Crippen LogP contribution is 2.35. The molecule has 1 aromatic heterocycles. The molecule has 0 atom stereocenters. The molecule has 0 aliphatic rings. The summed E-state index contributed by atoms with van der Waals surface area (Å²) in [6.07, 6.45) is 0. The van der Waals surface area contributed by atoms with Crippen molar-refractivity contribution in [2.45, 2.75) is 13.8 Å². The van der Waals surface area contributed by atoms with Gasteiger partial charge in [-0.3, -0.25) is 0 Å². The minimum absolute atomic E-state index is 0.593. The van der Waals surface area contributed by atoms with Gasteiger partial charge in [-0.15, -0.1) is 0 Å². The summed E-state index contributed by atoms with van der Waals surface area (Å²) >= 11 is 12.2. The molecule has 2 nitrogen and oxygen atoms in total. The van der Waals surface area contributed by atoms with E-state index in [1.807, 2.05) is 18.2 Å². The Balaban J connectivity index is 2.06. The van der Waals surface area contributed by atoms with Crippen molar-refractivity contribution in [1.82, 2.24) is 0 Å². The first-order valence-electron chi connectivity index (χ1n) is 7.36. The van der Waals surface area contributed by atoms with Gasteiger partial charge in [0.15, 0.2) is 0 Å². The smallest absolute Gasteiger partial charge is 0.136 e. The minimum atomic E-state index is 0.593. The molecule has 0 N–H and O–H groups in total. The third-order valence-corrected chi connectivity index (χ3v) is 4.38. The van der Waals surface area contributed by atoms with Crippen LogP contribution in [-0.2, 0) is 0 Å². The second kappa shape index (κ2) is 6.23. The van der Waals surface area contributed by atoms with Crippen molar-refractivity contribution in [3.8, 4) is 11.3 Å². The SMILES string of the molecule is CCN(CC)c1ccc2cc(-c3ccc(Cl)cc3Cl)oc2c1. The number of anilines is 1. The Kier molecular flexibility index (Phi) is 4.32. The molecule has 0 fully saturated rings. The van der Waals surface area contributed by atoms with Gasteiger partial charge in [0.25, 0.3) is 0 Å². The van der Waals surface area contributed by atoms with Crippen molar-refractivity contribution in [3.05, 3.63) is 52.5 Å². The molecule has 114 valence electrons. The second-order valence-corrected chi connectivity index (χ2v) is 5.97. The fourth-order valence-corrected chi connectivity index (χ4v) is 3.13. The van der Waals surface area contributed by atoms with Gasteiger partial charge in [-0.25, -0.2) is 0 Å². The lowest BCUT2D eigenvalue weighted by Gasteiger charge is -2.20. The number of nitrogens with zero attached hydrogens (tertiary/aromatic N) is 1. The fourth-order valence-electron chi connectivity index (χ4n) is 2.63. The maximum absolute atomic E-state index is 6.27. The molecule has 22 heavy (non-hydrogen) atoms. The average molecular weight is 334 g/mol. The van der Waals surface area contributed by atoms with Gasteiger partial charge in [0, 0.05) is 40.8 Å². The van der Waals surface area contributed by atoms with E-state index in [-0.39, 0.29) is 0 Å². The maximum Gasteiger partial charge on any atom is 0.136 e. The highest BCUT2D eigenvalue weighted by atomic mass is 35.5. The summed E-state index contributed by atoms with van der Waals surface area (Å²) < 4.78 is 6.00. The zero-order valence-electron chi connectivity index (χ0n) is 12.6. The van der Waals surface area contributed by atoms with Crippen LogP contribution >= 0.6 is 23.2 Å². The highest BCUT2D eigenvalue weighted by molar-refractivity contribution is 6.36. The van der Waals surface area contributed by atoms with E-state index in [0.29, 0.717) is 10.0 Å². The monoisotopic (exact) mass is 333 g/mol. The van der Waals surface area contributed by atoms with Crippen molar-refractivity contribution in [2.24, 2.45) is 0 Å². The average Bonchev–Trinajstić information content (AvgIpc) is 2.91. The molecule has 0 aliphatic carbocycles. The van der Waals surface area contributed by atoms with Crippen LogP contribution in [-0.4, -0.2) is 13.1 Å². The fraction of sp³-hybridized carbons (Fsp3) is 0.222. The van der Waals surface area contributed by atoms with Gasteiger partial charge < -0.3 is 9.32 Å². The molecule has 3 aromatic rings. The maximum atomic E-state index is 6.27. The Morgan fingerprint density at radius 1 is 0.955 bits per heavy atom. The Labute approximate surface area is 140 Å². The Bertz CT molecular complexity index is 806. The third kappa shape index (κ3) is 2.81. The van der Waals surface area contributed by atoms with Crippen molar-refractivity contribution in [1.29, 1.82) is 0 Å². The summed E-state index contributed by atoms with van der Waals surface area (Å²) in [7, 11) is 0. The number of halogens is 2. The summed E-state index contributed by atoms with van der Waals surface area (Å²) in [5.74, 6) is 0.758. The van der Waals surface area contributed by atoms with Crippen molar-refractivity contribution in [3.63, 3.8) is 0 Å². The molecule has 0 amide bonds. The van der Waals surface area contributed by atoms with Crippen LogP contribution in [0.2, 0.25) is 10.0 Å². The van der Waals surface area contributed by atoms with E-state index in [4.69, 9.17) is 27.6 Å². The van der Waals surface area contributed by atoms with Gasteiger partial charge in [-0.1, -0.05) is 23.2 Å². The molecule has 2 aromatic carbocycles. The van der Waals surface area contributed by atoms with Crippen LogP contribution in [0.25, 0.3) is 22.3 Å². The van der Waals surface area contributed by atoms with Crippen LogP contribution in [0.1, 0.15) is 13.8 Å². The predicted molar refractivity (Wildman–Crippen MR) is 95.2 cm³/mol. The first-order chi connectivity index (χ1) is 10.6. The molecular formula is C18H17Cl2NO. The summed E-state index contributed by atoms with van der Waals surface area (Å²) in [5.41, 5.74) is 2.89. The molecule has 3 rings (SSSR count). The first-order valence-corrected chi connectivity index (χ1v) is 8.12. The lowest BCUT2D eigenvalue weighted by Crippen LogP contribution is -2.21. The van der Waals surface area contributed by atoms with E-state index in [1.165, 1.54) is 5.69 Å². The molecule has 0 aliphatic heterocycles. The van der Waals surface area contributed by atoms with Crippen LogP contribution in [0.5, 0.6) is 0 Å². The topological polar surface area (TPSA) is 16.4 Å². The van der Waals surface area contributed by atoms with Crippen LogP contribution in [0.3, 0.4) is 0 Å². The largest absolute Gasteiger partial charge is 0.456 e. The van der Waals surface area contributed by atoms with Crippen LogP contribution in [0, 0.1) is 0 Å². The van der Waals surface area contributed by atoms with Crippen LogP contribution < -0.4 is 4.90 Å². The second-order valence-electron chi connectivity index (χ2n) is 5.13. The van der Waals surface area contributed by atoms with E-state index >= 15 is 0 Å². The van der Waals surface area contributed by atoms with E-state index in [0.717, 1.165) is 35.4 Å². The number of furan rings is 1. The van der Waals surface area contributed by atoms with Gasteiger partial charge >= 0.3 is 0 Å². The number of hydrogen-bond acceptors (Lipinski definition) is 2. The summed E-state index contributed by atoms with van der Waals surface area (Å²) in [6.45, 7) is 6.24. The van der Waals surface area contributed by atoms with Gasteiger partial charge in [-0.2, -0.15) is 0 Å². The molecule has 0 radical (unpaired) electrons. The quantitative estimate of drug-likeness (QED) is 0.560. The van der Waals surface area contributed by atoms with Crippen molar-refractivity contribution in [2.75, 3.05) is 18.0 Å². The highest BCUT2D eigenvalue weighted by Gasteiger charge is 2.11. The molecule has 0 bridgehead atoms. The lowest BCUT2D eigenvalue weighted by molar-refractivity contribution is 0.631. The third-order valence-electron chi connectivity index (χ3n) is 3.83. The summed E-state index contributed by atoms with van der Waals surface area (Å²) in [5, 5.41) is 2.28. The molecule has 0 spiro atoms. The molecular weight excluding hydrogens is 317 g/mol. The van der Waals surface area contributed by atoms with E-state index < -0.39 is 0 Å². The number of hydrogen-bond donors (Lipinski definition) is 0. The zero-order valence-corrected chi connectivity index (χ0v) is 14.1. The van der Waals surface area contributed by atoms with E-state index in [1.54, 1.807) is 6.07 Å². The van der Waals surface area contributed by atoms with Crippen LogP contribution in [0.15, 0.2) is 46.9 Å². The Morgan fingerprint density at radius 2 is 1.73 bits per heavy atom. The molecule has 0 saturated carbocycles. The summed E-state index contributed by atoms with van der Waals surface area (Å²) in [6, 6.07) is 13.7. The Hall–Kier alpha value is -1.64. The van der Waals surface area contributed by atoms with Crippen LogP contribution in [0.4, 0.5) is 5.69 Å². The first kappa shape index (κ1) is 15.3. The Morgan fingerprint density at radius 3 is 2.41 bits per heavy atom. The van der Waals surface area contributed by atoms with E-state index in [9.17, 15) is 0 Å². The van der Waals surface area contributed by atoms with Crippen molar-refractivity contribution < 1.29 is 4.42 Å².